The molecule has 0 aliphatic rings. The molecule has 0 fully saturated rings. The van der Waals surface area contributed by atoms with Gasteiger partial charge in [-0.15, -0.1) is 0 Å². The number of benzene rings is 2. The zero-order valence-electron chi connectivity index (χ0n) is 11.5. The highest BCUT2D eigenvalue weighted by Gasteiger charge is 2.10. The molecule has 1 N–H and O–H groups in total. The van der Waals surface area contributed by atoms with Crippen LogP contribution in [0.2, 0.25) is 0 Å². The first-order valence-corrected chi connectivity index (χ1v) is 7.57. The van der Waals surface area contributed by atoms with E-state index in [9.17, 15) is 9.18 Å². The summed E-state index contributed by atoms with van der Waals surface area (Å²) in [6, 6.07) is 11.4. The van der Waals surface area contributed by atoms with E-state index >= 15 is 0 Å². The molecule has 2 aromatic rings. The SMILES string of the molecule is Cc1cccc(C(=O)NCCOc2ccc(F)cc2)c1I. The Kier molecular flexibility index (Phi) is 5.55. The fourth-order valence-corrected chi connectivity index (χ4v) is 2.39. The molecule has 0 radical (unpaired) electrons. The summed E-state index contributed by atoms with van der Waals surface area (Å²) < 4.78 is 19.1. The summed E-state index contributed by atoms with van der Waals surface area (Å²) in [5, 5.41) is 2.81. The number of hydrogen-bond acceptors (Lipinski definition) is 2. The van der Waals surface area contributed by atoms with Crippen LogP contribution in [0.1, 0.15) is 15.9 Å². The van der Waals surface area contributed by atoms with Crippen LogP contribution in [0, 0.1) is 16.3 Å². The first-order valence-electron chi connectivity index (χ1n) is 6.49. The van der Waals surface area contributed by atoms with E-state index in [1.807, 2.05) is 19.1 Å². The monoisotopic (exact) mass is 399 g/mol. The molecule has 0 aliphatic heterocycles. The van der Waals surface area contributed by atoms with Crippen LogP contribution in [0.5, 0.6) is 5.75 Å². The van der Waals surface area contributed by atoms with Crippen LogP contribution in [0.3, 0.4) is 0 Å². The van der Waals surface area contributed by atoms with Crippen molar-refractivity contribution < 1.29 is 13.9 Å². The van der Waals surface area contributed by atoms with Gasteiger partial charge in [-0.3, -0.25) is 4.79 Å². The second-order valence-electron chi connectivity index (χ2n) is 4.49. The van der Waals surface area contributed by atoms with Crippen molar-refractivity contribution in [3.63, 3.8) is 0 Å². The highest BCUT2D eigenvalue weighted by Crippen LogP contribution is 2.16. The van der Waals surface area contributed by atoms with E-state index in [0.717, 1.165) is 9.13 Å². The summed E-state index contributed by atoms with van der Waals surface area (Å²) in [4.78, 5) is 12.1. The fraction of sp³-hybridized carbons (Fsp3) is 0.188. The van der Waals surface area contributed by atoms with Gasteiger partial charge >= 0.3 is 0 Å². The molecule has 0 saturated carbocycles. The van der Waals surface area contributed by atoms with Crippen molar-refractivity contribution in [3.8, 4) is 5.75 Å². The molecular formula is C16H15FINO2. The number of carbonyl (C=O) groups excluding carboxylic acids is 1. The smallest absolute Gasteiger partial charge is 0.252 e. The molecule has 0 spiro atoms. The molecule has 5 heteroatoms. The van der Waals surface area contributed by atoms with E-state index in [4.69, 9.17) is 4.74 Å². The quantitative estimate of drug-likeness (QED) is 0.617. The average molecular weight is 399 g/mol. The van der Waals surface area contributed by atoms with Gasteiger partial charge in [-0.25, -0.2) is 4.39 Å². The number of amides is 1. The van der Waals surface area contributed by atoms with Gasteiger partial charge in [0.15, 0.2) is 0 Å². The third-order valence-electron chi connectivity index (χ3n) is 2.91. The molecule has 21 heavy (non-hydrogen) atoms. The highest BCUT2D eigenvalue weighted by atomic mass is 127. The molecule has 1 amide bonds. The van der Waals surface area contributed by atoms with Crippen molar-refractivity contribution in [1.82, 2.24) is 5.32 Å². The van der Waals surface area contributed by atoms with Crippen molar-refractivity contribution in [2.24, 2.45) is 0 Å². The molecule has 3 nitrogen and oxygen atoms in total. The van der Waals surface area contributed by atoms with Crippen LogP contribution in [0.4, 0.5) is 4.39 Å². The van der Waals surface area contributed by atoms with E-state index in [2.05, 4.69) is 27.9 Å². The van der Waals surface area contributed by atoms with Crippen LogP contribution in [-0.2, 0) is 0 Å². The molecule has 0 heterocycles. The van der Waals surface area contributed by atoms with Crippen LogP contribution < -0.4 is 10.1 Å². The summed E-state index contributed by atoms with van der Waals surface area (Å²) in [6.07, 6.45) is 0. The summed E-state index contributed by atoms with van der Waals surface area (Å²) in [5.41, 5.74) is 1.74. The Labute approximate surface area is 136 Å². The predicted molar refractivity (Wildman–Crippen MR) is 88.1 cm³/mol. The summed E-state index contributed by atoms with van der Waals surface area (Å²) in [5.74, 6) is 0.159. The predicted octanol–water partition coefficient (Wildman–Crippen LogP) is 3.55. The topological polar surface area (TPSA) is 38.3 Å². The van der Waals surface area contributed by atoms with Gasteiger partial charge in [0, 0.05) is 3.57 Å². The minimum Gasteiger partial charge on any atom is -0.492 e. The van der Waals surface area contributed by atoms with E-state index in [1.165, 1.54) is 12.1 Å². The second-order valence-corrected chi connectivity index (χ2v) is 5.57. The molecule has 0 unspecified atom stereocenters. The zero-order valence-corrected chi connectivity index (χ0v) is 13.7. The molecular weight excluding hydrogens is 384 g/mol. The van der Waals surface area contributed by atoms with Gasteiger partial charge in [-0.2, -0.15) is 0 Å². The Balaban J connectivity index is 1.82. The average Bonchev–Trinajstić information content (AvgIpc) is 2.48. The lowest BCUT2D eigenvalue weighted by Gasteiger charge is -2.09. The number of nitrogens with one attached hydrogen (secondary N) is 1. The number of ether oxygens (including phenoxy) is 1. The van der Waals surface area contributed by atoms with Crippen LogP contribution >= 0.6 is 22.6 Å². The van der Waals surface area contributed by atoms with Crippen molar-refractivity contribution in [3.05, 3.63) is 63.0 Å². The molecule has 0 aromatic heterocycles. The van der Waals surface area contributed by atoms with E-state index in [0.29, 0.717) is 24.5 Å². The Morgan fingerprint density at radius 2 is 1.95 bits per heavy atom. The first-order chi connectivity index (χ1) is 10.1. The maximum atomic E-state index is 12.7. The number of halogens is 2. The van der Waals surface area contributed by atoms with Crippen molar-refractivity contribution in [1.29, 1.82) is 0 Å². The molecule has 2 rings (SSSR count). The van der Waals surface area contributed by atoms with Gasteiger partial charge in [-0.1, -0.05) is 12.1 Å². The van der Waals surface area contributed by atoms with Crippen LogP contribution in [0.25, 0.3) is 0 Å². The van der Waals surface area contributed by atoms with E-state index in [1.54, 1.807) is 18.2 Å². The Morgan fingerprint density at radius 1 is 1.24 bits per heavy atom. The van der Waals surface area contributed by atoms with Gasteiger partial charge in [0.05, 0.1) is 12.1 Å². The first kappa shape index (κ1) is 15.8. The maximum absolute atomic E-state index is 12.7. The maximum Gasteiger partial charge on any atom is 0.252 e. The molecule has 110 valence electrons. The Morgan fingerprint density at radius 3 is 2.67 bits per heavy atom. The largest absolute Gasteiger partial charge is 0.492 e. The van der Waals surface area contributed by atoms with Gasteiger partial charge in [-0.05, 0) is 65.4 Å². The van der Waals surface area contributed by atoms with Crippen molar-refractivity contribution in [2.75, 3.05) is 13.2 Å². The minimum absolute atomic E-state index is 0.120. The summed E-state index contributed by atoms with van der Waals surface area (Å²) in [6.45, 7) is 2.69. The van der Waals surface area contributed by atoms with E-state index in [-0.39, 0.29) is 11.7 Å². The molecule has 0 aliphatic carbocycles. The molecule has 2 aromatic carbocycles. The molecule has 0 atom stereocenters. The second kappa shape index (κ2) is 7.40. The fourth-order valence-electron chi connectivity index (χ4n) is 1.78. The normalized spacial score (nSPS) is 10.2. The lowest BCUT2D eigenvalue weighted by Crippen LogP contribution is -2.28. The lowest BCUT2D eigenvalue weighted by molar-refractivity contribution is 0.0946. The van der Waals surface area contributed by atoms with Crippen molar-refractivity contribution in [2.45, 2.75) is 6.92 Å². The third-order valence-corrected chi connectivity index (χ3v) is 4.34. The van der Waals surface area contributed by atoms with Crippen molar-refractivity contribution >= 4 is 28.5 Å². The van der Waals surface area contributed by atoms with Gasteiger partial charge in [0.2, 0.25) is 0 Å². The highest BCUT2D eigenvalue weighted by molar-refractivity contribution is 14.1. The zero-order chi connectivity index (χ0) is 15.2. The molecule has 0 bridgehead atoms. The van der Waals surface area contributed by atoms with Crippen LogP contribution in [-0.4, -0.2) is 19.1 Å². The Hall–Kier alpha value is -1.63. The van der Waals surface area contributed by atoms with Crippen LogP contribution in [0.15, 0.2) is 42.5 Å². The number of rotatable bonds is 5. The van der Waals surface area contributed by atoms with E-state index < -0.39 is 0 Å². The summed E-state index contributed by atoms with van der Waals surface area (Å²) >= 11 is 2.17. The van der Waals surface area contributed by atoms with Gasteiger partial charge in [0.1, 0.15) is 18.2 Å². The summed E-state index contributed by atoms with van der Waals surface area (Å²) in [7, 11) is 0. The third kappa shape index (κ3) is 4.42. The standard InChI is InChI=1S/C16H15FINO2/c1-11-3-2-4-14(15(11)18)16(20)19-9-10-21-13-7-5-12(17)6-8-13/h2-8H,9-10H2,1H3,(H,19,20). The number of aryl methyl sites for hydroxylation is 1. The molecule has 0 saturated heterocycles. The number of hydrogen-bond donors (Lipinski definition) is 1. The minimum atomic E-state index is -0.301. The Bertz CT molecular complexity index is 629. The lowest BCUT2D eigenvalue weighted by atomic mass is 10.1. The van der Waals surface area contributed by atoms with Gasteiger partial charge in [0.25, 0.3) is 5.91 Å². The van der Waals surface area contributed by atoms with Gasteiger partial charge < -0.3 is 10.1 Å². The number of carbonyl (C=O) groups is 1.